The number of hydrazine groups is 3. The van der Waals surface area contributed by atoms with E-state index in [1.165, 1.54) is 6.07 Å². The van der Waals surface area contributed by atoms with Gasteiger partial charge in [0.05, 0.1) is 5.56 Å². The van der Waals surface area contributed by atoms with Crippen molar-refractivity contribution in [1.29, 1.82) is 0 Å². The minimum Gasteiger partial charge on any atom is -0.371 e. The first kappa shape index (κ1) is 20.8. The number of piperidine rings is 1. The van der Waals surface area contributed by atoms with Crippen LogP contribution >= 0.6 is 0 Å². The molecule has 3 saturated heterocycles. The van der Waals surface area contributed by atoms with Crippen molar-refractivity contribution < 1.29 is 21.6 Å². The van der Waals surface area contributed by atoms with E-state index in [2.05, 4.69) is 27.2 Å². The van der Waals surface area contributed by atoms with Gasteiger partial charge in [0, 0.05) is 24.3 Å². The molecule has 0 unspecified atom stereocenters. The van der Waals surface area contributed by atoms with Crippen molar-refractivity contribution in [2.45, 2.75) is 36.5 Å². The first-order valence-electron chi connectivity index (χ1n) is 9.34. The third-order valence-electron chi connectivity index (χ3n) is 5.99. The Morgan fingerprint density at radius 3 is 2.34 bits per heavy atom. The molecule has 0 saturated carbocycles. The second kappa shape index (κ2) is 7.34. The zero-order valence-corrected chi connectivity index (χ0v) is 16.4. The molecule has 3 aliphatic rings. The van der Waals surface area contributed by atoms with Crippen LogP contribution in [-0.2, 0) is 16.2 Å². The zero-order chi connectivity index (χ0) is 20.9. The second-order valence-electron chi connectivity index (χ2n) is 7.81. The van der Waals surface area contributed by atoms with Crippen LogP contribution in [0.1, 0.15) is 36.6 Å². The van der Waals surface area contributed by atoms with Gasteiger partial charge in [0.2, 0.25) is 10.0 Å². The number of halogens is 3. The van der Waals surface area contributed by atoms with E-state index >= 15 is 0 Å². The lowest BCUT2D eigenvalue weighted by Gasteiger charge is -2.35. The van der Waals surface area contributed by atoms with Crippen molar-refractivity contribution in [1.82, 2.24) is 27.2 Å². The first-order valence-corrected chi connectivity index (χ1v) is 10.9. The van der Waals surface area contributed by atoms with Crippen LogP contribution in [0.3, 0.4) is 0 Å². The summed E-state index contributed by atoms with van der Waals surface area (Å²) in [5.41, 5.74) is 9.64. The van der Waals surface area contributed by atoms with Gasteiger partial charge >= 0.3 is 6.18 Å². The highest BCUT2D eigenvalue weighted by molar-refractivity contribution is 7.89. The van der Waals surface area contributed by atoms with Gasteiger partial charge in [-0.2, -0.15) is 24.2 Å². The van der Waals surface area contributed by atoms with Crippen molar-refractivity contribution in [3.63, 3.8) is 0 Å². The highest BCUT2D eigenvalue weighted by Crippen LogP contribution is 2.45. The summed E-state index contributed by atoms with van der Waals surface area (Å²) in [7, 11) is -4.66. The van der Waals surface area contributed by atoms with Crippen molar-refractivity contribution in [3.8, 4) is 0 Å². The van der Waals surface area contributed by atoms with E-state index < -0.39 is 32.8 Å². The van der Waals surface area contributed by atoms with Crippen LogP contribution in [0.25, 0.3) is 0 Å². The Morgan fingerprint density at radius 2 is 1.76 bits per heavy atom. The molecule has 3 heterocycles. The maximum absolute atomic E-state index is 13.6. The molecule has 1 aromatic carbocycles. The summed E-state index contributed by atoms with van der Waals surface area (Å²) in [5, 5.41) is 8.60. The lowest BCUT2D eigenvalue weighted by atomic mass is 9.78. The fraction of sp³-hybridized carbons (Fsp3) is 0.625. The van der Waals surface area contributed by atoms with E-state index in [0.29, 0.717) is 18.8 Å². The summed E-state index contributed by atoms with van der Waals surface area (Å²) >= 11 is 0. The Bertz CT molecular complexity index is 881. The standard InChI is InChI=1S/C16H24F3N7O2S/c17-16(18,19)10-1-2-11(26-8-5-15(9-26)3-6-21-7-4-15)12(13(10)29(20,27)28)14-22-24-25-23-14/h1-2,14,21-25H,3-9H2,(H2,20,27,28). The molecule has 0 bridgehead atoms. The fourth-order valence-corrected chi connectivity index (χ4v) is 5.60. The number of nitrogens with one attached hydrogen (secondary N) is 5. The van der Waals surface area contributed by atoms with Crippen LogP contribution < -0.4 is 37.3 Å². The molecular weight excluding hydrogens is 411 g/mol. The third kappa shape index (κ3) is 3.95. The Hall–Kier alpha value is -1.48. The molecule has 0 aromatic heterocycles. The Balaban J connectivity index is 1.84. The maximum Gasteiger partial charge on any atom is 0.417 e. The average Bonchev–Trinajstić information content (AvgIpc) is 3.30. The smallest absolute Gasteiger partial charge is 0.371 e. The quantitative estimate of drug-likeness (QED) is 0.394. The molecule has 7 N–H and O–H groups in total. The van der Waals surface area contributed by atoms with Crippen LogP contribution in [0.5, 0.6) is 0 Å². The molecule has 1 spiro atoms. The van der Waals surface area contributed by atoms with E-state index in [-0.39, 0.29) is 11.0 Å². The van der Waals surface area contributed by atoms with E-state index in [1.54, 1.807) is 0 Å². The number of primary sulfonamides is 1. The molecule has 3 aliphatic heterocycles. The summed E-state index contributed by atoms with van der Waals surface area (Å²) in [5.74, 6) is 0. The molecule has 3 fully saturated rings. The van der Waals surface area contributed by atoms with E-state index in [9.17, 15) is 21.6 Å². The summed E-state index contributed by atoms with van der Waals surface area (Å²) in [6.07, 6.45) is -2.93. The number of alkyl halides is 3. The van der Waals surface area contributed by atoms with Crippen molar-refractivity contribution in [2.75, 3.05) is 31.1 Å². The molecule has 0 aliphatic carbocycles. The number of nitrogens with zero attached hydrogens (tertiary/aromatic N) is 1. The van der Waals surface area contributed by atoms with Crippen molar-refractivity contribution >= 4 is 15.7 Å². The highest BCUT2D eigenvalue weighted by atomic mass is 32.2. The minimum absolute atomic E-state index is 0.0502. The van der Waals surface area contributed by atoms with Gasteiger partial charge in [-0.3, -0.25) is 0 Å². The number of benzene rings is 1. The fourth-order valence-electron chi connectivity index (χ4n) is 4.58. The van der Waals surface area contributed by atoms with Gasteiger partial charge in [0.15, 0.2) is 0 Å². The third-order valence-corrected chi connectivity index (χ3v) is 7.00. The van der Waals surface area contributed by atoms with E-state index in [4.69, 9.17) is 5.14 Å². The van der Waals surface area contributed by atoms with Gasteiger partial charge in [0.25, 0.3) is 0 Å². The SMILES string of the molecule is NS(=O)(=O)c1c(C(F)(F)F)ccc(N2CCC3(CCNCC3)C2)c1C1NNNN1. The van der Waals surface area contributed by atoms with Gasteiger partial charge < -0.3 is 10.2 Å². The van der Waals surface area contributed by atoms with Crippen LogP contribution in [0.4, 0.5) is 18.9 Å². The molecule has 4 rings (SSSR count). The normalized spacial score (nSPS) is 23.2. The lowest BCUT2D eigenvalue weighted by Crippen LogP contribution is -2.39. The summed E-state index contributed by atoms with van der Waals surface area (Å²) in [4.78, 5) is 1.06. The van der Waals surface area contributed by atoms with E-state index in [1.807, 2.05) is 4.90 Å². The number of hydrogen-bond acceptors (Lipinski definition) is 8. The highest BCUT2D eigenvalue weighted by Gasteiger charge is 2.44. The Morgan fingerprint density at radius 1 is 1.10 bits per heavy atom. The maximum atomic E-state index is 13.6. The summed E-state index contributed by atoms with van der Waals surface area (Å²) < 4.78 is 65.5. The average molecular weight is 435 g/mol. The van der Waals surface area contributed by atoms with Crippen LogP contribution in [0.2, 0.25) is 0 Å². The van der Waals surface area contributed by atoms with Gasteiger partial charge in [-0.25, -0.2) is 24.4 Å². The molecule has 0 amide bonds. The number of rotatable bonds is 3. The minimum atomic E-state index is -4.87. The van der Waals surface area contributed by atoms with Crippen LogP contribution in [-0.4, -0.2) is 34.6 Å². The van der Waals surface area contributed by atoms with Crippen LogP contribution in [0.15, 0.2) is 17.0 Å². The van der Waals surface area contributed by atoms with E-state index in [0.717, 1.165) is 38.4 Å². The zero-order valence-electron chi connectivity index (χ0n) is 15.6. The molecule has 1 aromatic rings. The lowest BCUT2D eigenvalue weighted by molar-refractivity contribution is -0.140. The van der Waals surface area contributed by atoms with Crippen LogP contribution in [0, 0.1) is 5.41 Å². The number of sulfonamides is 1. The monoisotopic (exact) mass is 435 g/mol. The summed E-state index contributed by atoms with van der Waals surface area (Å²) in [6.45, 7) is 3.09. The largest absolute Gasteiger partial charge is 0.417 e. The molecular formula is C16H24F3N7O2S. The number of nitrogens with two attached hydrogens (primary N) is 1. The topological polar surface area (TPSA) is 124 Å². The predicted molar refractivity (Wildman–Crippen MR) is 99.5 cm³/mol. The van der Waals surface area contributed by atoms with Gasteiger partial charge in [0.1, 0.15) is 11.1 Å². The molecule has 13 heteroatoms. The number of anilines is 1. The molecule has 162 valence electrons. The van der Waals surface area contributed by atoms with Gasteiger partial charge in [-0.05, 0) is 49.9 Å². The van der Waals surface area contributed by atoms with Gasteiger partial charge in [-0.15, -0.1) is 0 Å². The van der Waals surface area contributed by atoms with Crippen molar-refractivity contribution in [2.24, 2.45) is 10.6 Å². The molecule has 9 nitrogen and oxygen atoms in total. The van der Waals surface area contributed by atoms with Gasteiger partial charge in [-0.1, -0.05) is 0 Å². The first-order chi connectivity index (χ1) is 13.6. The summed E-state index contributed by atoms with van der Waals surface area (Å²) in [6, 6.07) is 2.15. The molecule has 29 heavy (non-hydrogen) atoms. The number of hydrogen-bond donors (Lipinski definition) is 6. The second-order valence-corrected chi connectivity index (χ2v) is 9.31. The Kier molecular flexibility index (Phi) is 5.26. The Labute approximate surface area is 166 Å². The molecule has 0 atom stereocenters. The molecule has 0 radical (unpaired) electrons. The predicted octanol–water partition coefficient (Wildman–Crippen LogP) is 0.0483. The van der Waals surface area contributed by atoms with Crippen molar-refractivity contribution in [3.05, 3.63) is 23.3 Å².